The van der Waals surface area contributed by atoms with Crippen LogP contribution in [0.2, 0.25) is 0 Å². The molecule has 0 atom stereocenters. The summed E-state index contributed by atoms with van der Waals surface area (Å²) in [6.07, 6.45) is 5.46. The number of piperidine rings is 1. The number of nitrogens with zero attached hydrogens (tertiary/aromatic N) is 3. The average molecular weight is 474 g/mol. The maximum atomic E-state index is 13.2. The molecule has 2 heterocycles. The molecule has 2 aromatic carbocycles. The van der Waals surface area contributed by atoms with Crippen molar-refractivity contribution in [2.45, 2.75) is 26.3 Å². The second kappa shape index (κ2) is 10.8. The molecule has 3 aromatic rings. The van der Waals surface area contributed by atoms with Crippen molar-refractivity contribution < 1.29 is 14.5 Å². The monoisotopic (exact) mass is 473 g/mol. The summed E-state index contributed by atoms with van der Waals surface area (Å²) in [5, 5.41) is 16.7. The molecule has 2 N–H and O–H groups in total. The summed E-state index contributed by atoms with van der Waals surface area (Å²) in [6, 6.07) is 14.5. The Labute approximate surface area is 203 Å². The van der Waals surface area contributed by atoms with Gasteiger partial charge in [-0.2, -0.15) is 0 Å². The van der Waals surface area contributed by atoms with Crippen LogP contribution >= 0.6 is 0 Å². The third kappa shape index (κ3) is 6.00. The number of nitro benzene ring substituents is 1. The van der Waals surface area contributed by atoms with E-state index < -0.39 is 10.8 Å². The molecule has 0 aliphatic carbocycles. The third-order valence-electron chi connectivity index (χ3n) is 6.12. The number of non-ortho nitro benzene ring substituents is 1. The van der Waals surface area contributed by atoms with E-state index in [0.29, 0.717) is 23.7 Å². The van der Waals surface area contributed by atoms with Gasteiger partial charge in [-0.05, 0) is 54.7 Å². The fourth-order valence-corrected chi connectivity index (χ4v) is 4.07. The van der Waals surface area contributed by atoms with Gasteiger partial charge in [0.25, 0.3) is 17.5 Å². The van der Waals surface area contributed by atoms with E-state index in [-0.39, 0.29) is 17.2 Å². The number of aromatic nitrogens is 1. The van der Waals surface area contributed by atoms with Crippen LogP contribution in [-0.4, -0.2) is 34.8 Å². The lowest BCUT2D eigenvalue weighted by molar-refractivity contribution is -0.384. The Morgan fingerprint density at radius 1 is 1.09 bits per heavy atom. The minimum atomic E-state index is -0.546. The fraction of sp³-hybridized carbons (Fsp3) is 0.269. The Bertz CT molecular complexity index is 1220. The van der Waals surface area contributed by atoms with Gasteiger partial charge in [-0.25, -0.2) is 0 Å². The highest BCUT2D eigenvalue weighted by Crippen LogP contribution is 2.29. The maximum absolute atomic E-state index is 13.2. The van der Waals surface area contributed by atoms with Crippen molar-refractivity contribution in [1.29, 1.82) is 0 Å². The SMILES string of the molecule is CC1CCN(c2ccc(NC(=O)c3cccc([N+](=O)[O-])c3)cc2C(=O)NCc2cccnc2)CC1. The Balaban J connectivity index is 1.57. The number of hydrogen-bond acceptors (Lipinski definition) is 6. The highest BCUT2D eigenvalue weighted by Gasteiger charge is 2.22. The highest BCUT2D eigenvalue weighted by atomic mass is 16.6. The highest BCUT2D eigenvalue weighted by molar-refractivity contribution is 6.06. The van der Waals surface area contributed by atoms with Crippen LogP contribution in [0.3, 0.4) is 0 Å². The lowest BCUT2D eigenvalue weighted by Gasteiger charge is -2.33. The van der Waals surface area contributed by atoms with Crippen LogP contribution in [0.15, 0.2) is 67.0 Å². The van der Waals surface area contributed by atoms with Crippen molar-refractivity contribution in [3.05, 3.63) is 93.8 Å². The fourth-order valence-electron chi connectivity index (χ4n) is 4.07. The molecule has 1 saturated heterocycles. The van der Waals surface area contributed by atoms with E-state index in [4.69, 9.17) is 0 Å². The first-order valence-corrected chi connectivity index (χ1v) is 11.5. The van der Waals surface area contributed by atoms with E-state index in [9.17, 15) is 19.7 Å². The minimum absolute atomic E-state index is 0.163. The average Bonchev–Trinajstić information content (AvgIpc) is 2.88. The zero-order valence-electron chi connectivity index (χ0n) is 19.4. The van der Waals surface area contributed by atoms with Crippen molar-refractivity contribution in [1.82, 2.24) is 10.3 Å². The number of pyridine rings is 1. The van der Waals surface area contributed by atoms with E-state index in [0.717, 1.165) is 37.2 Å². The van der Waals surface area contributed by atoms with Gasteiger partial charge in [-0.1, -0.05) is 19.1 Å². The molecule has 0 radical (unpaired) electrons. The first-order valence-electron chi connectivity index (χ1n) is 11.5. The zero-order valence-corrected chi connectivity index (χ0v) is 19.4. The first kappa shape index (κ1) is 23.9. The Kier molecular flexibility index (Phi) is 7.35. The van der Waals surface area contributed by atoms with Crippen molar-refractivity contribution in [3.63, 3.8) is 0 Å². The van der Waals surface area contributed by atoms with Gasteiger partial charge in [0.15, 0.2) is 0 Å². The summed E-state index contributed by atoms with van der Waals surface area (Å²) in [4.78, 5) is 42.8. The Hall–Kier alpha value is -4.27. The molecule has 9 heteroatoms. The van der Waals surface area contributed by atoms with Crippen LogP contribution in [0.25, 0.3) is 0 Å². The molecule has 1 fully saturated rings. The first-order chi connectivity index (χ1) is 16.9. The van der Waals surface area contributed by atoms with Crippen molar-refractivity contribution in [3.8, 4) is 0 Å². The number of anilines is 2. The summed E-state index contributed by atoms with van der Waals surface area (Å²) < 4.78 is 0. The van der Waals surface area contributed by atoms with Crippen LogP contribution in [0.1, 0.15) is 46.0 Å². The van der Waals surface area contributed by atoms with Gasteiger partial charge in [0.1, 0.15) is 0 Å². The van der Waals surface area contributed by atoms with Gasteiger partial charge in [0.2, 0.25) is 0 Å². The van der Waals surface area contributed by atoms with Gasteiger partial charge < -0.3 is 15.5 Å². The normalized spacial score (nSPS) is 13.8. The number of amides is 2. The molecule has 0 spiro atoms. The number of carbonyl (C=O) groups is 2. The number of nitrogens with one attached hydrogen (secondary N) is 2. The van der Waals surface area contributed by atoms with Crippen LogP contribution in [-0.2, 0) is 6.54 Å². The van der Waals surface area contributed by atoms with Gasteiger partial charge in [-0.15, -0.1) is 0 Å². The second-order valence-corrected chi connectivity index (χ2v) is 8.71. The molecule has 180 valence electrons. The number of rotatable bonds is 7. The van der Waals surface area contributed by atoms with Crippen LogP contribution in [0.5, 0.6) is 0 Å². The van der Waals surface area contributed by atoms with Crippen LogP contribution in [0.4, 0.5) is 17.1 Å². The topological polar surface area (TPSA) is 117 Å². The molecule has 0 bridgehead atoms. The summed E-state index contributed by atoms with van der Waals surface area (Å²) >= 11 is 0. The molecule has 1 aliphatic rings. The minimum Gasteiger partial charge on any atom is -0.371 e. The molecule has 1 aromatic heterocycles. The maximum Gasteiger partial charge on any atom is 0.270 e. The van der Waals surface area contributed by atoms with E-state index in [1.807, 2.05) is 18.2 Å². The molecule has 0 saturated carbocycles. The molecule has 4 rings (SSSR count). The third-order valence-corrected chi connectivity index (χ3v) is 6.12. The lowest BCUT2D eigenvalue weighted by atomic mass is 9.97. The predicted molar refractivity (Wildman–Crippen MR) is 134 cm³/mol. The number of nitro groups is 1. The van der Waals surface area contributed by atoms with Gasteiger partial charge >= 0.3 is 0 Å². The van der Waals surface area contributed by atoms with E-state index in [1.54, 1.807) is 24.5 Å². The molecular weight excluding hydrogens is 446 g/mol. The molecule has 0 unspecified atom stereocenters. The predicted octanol–water partition coefficient (Wildman–Crippen LogP) is 4.41. The van der Waals surface area contributed by atoms with Gasteiger partial charge in [-0.3, -0.25) is 24.7 Å². The number of benzene rings is 2. The summed E-state index contributed by atoms with van der Waals surface area (Å²) in [5.41, 5.74) is 2.58. The van der Waals surface area contributed by atoms with Gasteiger partial charge in [0.05, 0.1) is 10.5 Å². The van der Waals surface area contributed by atoms with Crippen molar-refractivity contribution in [2.24, 2.45) is 5.92 Å². The Morgan fingerprint density at radius 3 is 2.60 bits per heavy atom. The zero-order chi connectivity index (χ0) is 24.8. The Morgan fingerprint density at radius 2 is 1.89 bits per heavy atom. The summed E-state index contributed by atoms with van der Waals surface area (Å²) in [5.74, 6) is -0.105. The molecule has 9 nitrogen and oxygen atoms in total. The van der Waals surface area contributed by atoms with E-state index in [2.05, 4.69) is 27.4 Å². The van der Waals surface area contributed by atoms with Crippen LogP contribution in [0, 0.1) is 16.0 Å². The summed E-state index contributed by atoms with van der Waals surface area (Å²) in [7, 11) is 0. The number of carbonyl (C=O) groups excluding carboxylic acids is 2. The second-order valence-electron chi connectivity index (χ2n) is 8.71. The standard InChI is InChI=1S/C26H27N5O4/c1-18-9-12-30(13-10-18)24-8-7-21(29-25(32)20-5-2-6-22(14-20)31(34)35)15-23(24)26(33)28-17-19-4-3-11-27-16-19/h2-8,11,14-16,18H,9-10,12-13,17H2,1H3,(H,28,33)(H,29,32). The molecular formula is C26H27N5O4. The molecule has 35 heavy (non-hydrogen) atoms. The van der Waals surface area contributed by atoms with Crippen LogP contribution < -0.4 is 15.5 Å². The summed E-state index contributed by atoms with van der Waals surface area (Å²) in [6.45, 7) is 4.26. The largest absolute Gasteiger partial charge is 0.371 e. The number of hydrogen-bond donors (Lipinski definition) is 2. The molecule has 1 aliphatic heterocycles. The van der Waals surface area contributed by atoms with E-state index >= 15 is 0 Å². The van der Waals surface area contributed by atoms with Crippen molar-refractivity contribution in [2.75, 3.05) is 23.3 Å². The van der Waals surface area contributed by atoms with Crippen molar-refractivity contribution >= 4 is 28.9 Å². The van der Waals surface area contributed by atoms with Gasteiger partial charge in [0, 0.05) is 61.1 Å². The lowest BCUT2D eigenvalue weighted by Crippen LogP contribution is -2.35. The van der Waals surface area contributed by atoms with E-state index in [1.165, 1.54) is 24.3 Å². The smallest absolute Gasteiger partial charge is 0.270 e. The quantitative estimate of drug-likeness (QED) is 0.388. The molecule has 2 amide bonds.